The van der Waals surface area contributed by atoms with Crippen molar-refractivity contribution in [2.45, 2.75) is 46.2 Å². The van der Waals surface area contributed by atoms with Gasteiger partial charge in [-0.15, -0.1) is 0 Å². The van der Waals surface area contributed by atoms with Crippen molar-refractivity contribution in [3.63, 3.8) is 0 Å². The highest BCUT2D eigenvalue weighted by Crippen LogP contribution is 2.39. The molecule has 4 nitrogen and oxygen atoms in total. The van der Waals surface area contributed by atoms with Gasteiger partial charge in [-0.1, -0.05) is 97.1 Å². The molecule has 47 heavy (non-hydrogen) atoms. The van der Waals surface area contributed by atoms with E-state index in [2.05, 4.69) is 177 Å². The molecule has 0 aliphatic rings. The third kappa shape index (κ3) is 5.01. The maximum Gasteiger partial charge on any atom is 0.141 e. The molecule has 2 aromatic heterocycles. The van der Waals surface area contributed by atoms with Gasteiger partial charge in [-0.25, -0.2) is 9.97 Å². The van der Waals surface area contributed by atoms with Crippen molar-refractivity contribution in [2.75, 3.05) is 0 Å². The first-order valence-electron chi connectivity index (χ1n) is 16.5. The van der Waals surface area contributed by atoms with Crippen LogP contribution in [0.1, 0.15) is 40.7 Å². The van der Waals surface area contributed by atoms with Crippen LogP contribution in [0.4, 0.5) is 0 Å². The van der Waals surface area contributed by atoms with E-state index in [0.29, 0.717) is 6.04 Å². The van der Waals surface area contributed by atoms with Crippen LogP contribution in [-0.2, 0) is 5.54 Å². The molecular formula is C43H38N4. The summed E-state index contributed by atoms with van der Waals surface area (Å²) in [7, 11) is 0. The average Bonchev–Trinajstić information content (AvgIpc) is 3.68. The summed E-state index contributed by atoms with van der Waals surface area (Å²) in [6.45, 7) is 11.2. The van der Waals surface area contributed by atoms with Crippen molar-refractivity contribution in [3.05, 3.63) is 133 Å². The molecule has 0 radical (unpaired) electrons. The van der Waals surface area contributed by atoms with E-state index < -0.39 is 0 Å². The minimum atomic E-state index is -0.110. The van der Waals surface area contributed by atoms with Crippen molar-refractivity contribution in [1.29, 1.82) is 0 Å². The van der Waals surface area contributed by atoms with E-state index in [1.54, 1.807) is 0 Å². The molecule has 230 valence electrons. The Labute approximate surface area is 276 Å². The van der Waals surface area contributed by atoms with Gasteiger partial charge in [0.25, 0.3) is 0 Å². The fraction of sp³-hybridized carbons (Fsp3) is 0.163. The van der Waals surface area contributed by atoms with Gasteiger partial charge >= 0.3 is 0 Å². The first-order chi connectivity index (χ1) is 22.8. The first-order valence-corrected chi connectivity index (χ1v) is 16.5. The molecule has 0 aliphatic heterocycles. The predicted molar refractivity (Wildman–Crippen MR) is 198 cm³/mol. The lowest BCUT2D eigenvalue weighted by Crippen LogP contribution is -2.22. The van der Waals surface area contributed by atoms with Gasteiger partial charge in [0.05, 0.1) is 22.1 Å². The third-order valence-corrected chi connectivity index (χ3v) is 9.14. The van der Waals surface area contributed by atoms with Crippen LogP contribution < -0.4 is 0 Å². The molecule has 0 saturated heterocycles. The Bertz CT molecular complexity index is 2400. The molecule has 0 aliphatic carbocycles. The number of rotatable bonds is 5. The molecule has 8 aromatic rings. The third-order valence-electron chi connectivity index (χ3n) is 9.14. The maximum atomic E-state index is 5.08. The zero-order chi connectivity index (χ0) is 32.3. The largest absolute Gasteiger partial charge is 0.321 e. The monoisotopic (exact) mass is 610 g/mol. The number of aromatic nitrogens is 4. The first kappa shape index (κ1) is 29.0. The van der Waals surface area contributed by atoms with Gasteiger partial charge in [0, 0.05) is 22.7 Å². The number of imidazole rings is 2. The molecule has 6 aromatic carbocycles. The van der Waals surface area contributed by atoms with Gasteiger partial charge in [0.2, 0.25) is 0 Å². The molecule has 2 heterocycles. The highest BCUT2D eigenvalue weighted by Gasteiger charge is 2.22. The lowest BCUT2D eigenvalue weighted by Gasteiger charge is -2.25. The standard InChI is InChI=1S/C43H38N4/c1-28(2)46-39-16-10-8-14-37(39)44-41(46)31-22-18-29(19-23-31)35-26-33-12-6-7-13-34(33)27-36(35)30-20-24-32(25-21-30)42-45-38-15-9-11-17-40(38)47(42)43(3,4)5/h6-28H,1-5H3. The van der Waals surface area contributed by atoms with Gasteiger partial charge in [-0.2, -0.15) is 0 Å². The highest BCUT2D eigenvalue weighted by molar-refractivity contribution is 5.97. The van der Waals surface area contributed by atoms with E-state index in [4.69, 9.17) is 9.97 Å². The minimum Gasteiger partial charge on any atom is -0.321 e. The Hall–Kier alpha value is -5.48. The number of hydrogen-bond donors (Lipinski definition) is 0. The van der Waals surface area contributed by atoms with Crippen LogP contribution in [-0.4, -0.2) is 19.1 Å². The van der Waals surface area contributed by atoms with Crippen LogP contribution in [0.3, 0.4) is 0 Å². The van der Waals surface area contributed by atoms with Crippen LogP contribution >= 0.6 is 0 Å². The smallest absolute Gasteiger partial charge is 0.141 e. The van der Waals surface area contributed by atoms with Crippen LogP contribution in [0.2, 0.25) is 0 Å². The zero-order valence-electron chi connectivity index (χ0n) is 27.6. The van der Waals surface area contributed by atoms with Gasteiger partial charge in [-0.05, 0) is 104 Å². The summed E-state index contributed by atoms with van der Waals surface area (Å²) >= 11 is 0. The Kier molecular flexibility index (Phi) is 6.84. The van der Waals surface area contributed by atoms with Crippen LogP contribution in [0.25, 0.3) is 77.9 Å². The SMILES string of the molecule is CC(C)n1c(-c2ccc(-c3cc4ccccc4cc3-c3ccc(-c4nc5ccccc5n4C(C)(C)C)cc3)cc2)nc2ccccc21. The molecule has 4 heteroatoms. The second kappa shape index (κ2) is 11.1. The van der Waals surface area contributed by atoms with E-state index >= 15 is 0 Å². The topological polar surface area (TPSA) is 35.6 Å². The lowest BCUT2D eigenvalue weighted by atomic mass is 9.90. The van der Waals surface area contributed by atoms with Crippen molar-refractivity contribution >= 4 is 32.8 Å². The number of fused-ring (bicyclic) bond motifs is 3. The number of hydrogen-bond acceptors (Lipinski definition) is 2. The number of benzene rings is 6. The summed E-state index contributed by atoms with van der Waals surface area (Å²) in [5.74, 6) is 2.00. The highest BCUT2D eigenvalue weighted by atomic mass is 15.1. The second-order valence-electron chi connectivity index (χ2n) is 13.7. The molecular weight excluding hydrogens is 573 g/mol. The molecule has 0 atom stereocenters. The zero-order valence-corrected chi connectivity index (χ0v) is 27.6. The number of para-hydroxylation sites is 4. The molecule has 8 rings (SSSR count). The van der Waals surface area contributed by atoms with Crippen LogP contribution in [0.15, 0.2) is 133 Å². The van der Waals surface area contributed by atoms with E-state index in [0.717, 1.165) is 39.3 Å². The van der Waals surface area contributed by atoms with Gasteiger partial charge in [-0.3, -0.25) is 0 Å². The maximum absolute atomic E-state index is 5.08. The molecule has 0 unspecified atom stereocenters. The average molecular weight is 611 g/mol. The van der Waals surface area contributed by atoms with Crippen LogP contribution in [0.5, 0.6) is 0 Å². The Morgan fingerprint density at radius 2 is 0.915 bits per heavy atom. The summed E-state index contributed by atoms with van der Waals surface area (Å²) in [6.07, 6.45) is 0. The summed E-state index contributed by atoms with van der Waals surface area (Å²) in [5.41, 5.74) is 11.3. The van der Waals surface area contributed by atoms with Gasteiger partial charge in [0.1, 0.15) is 11.6 Å². The number of nitrogens with zero attached hydrogens (tertiary/aromatic N) is 4. The van der Waals surface area contributed by atoms with Crippen molar-refractivity contribution in [2.24, 2.45) is 0 Å². The van der Waals surface area contributed by atoms with Crippen LogP contribution in [0, 0.1) is 0 Å². The fourth-order valence-corrected chi connectivity index (χ4v) is 6.99. The van der Waals surface area contributed by atoms with Crippen molar-refractivity contribution < 1.29 is 0 Å². The molecule has 0 spiro atoms. The normalized spacial score (nSPS) is 12.1. The van der Waals surface area contributed by atoms with E-state index in [9.17, 15) is 0 Å². The van der Waals surface area contributed by atoms with E-state index in [1.807, 2.05) is 0 Å². The fourth-order valence-electron chi connectivity index (χ4n) is 6.99. The van der Waals surface area contributed by atoms with Crippen molar-refractivity contribution in [3.8, 4) is 45.0 Å². The van der Waals surface area contributed by atoms with Gasteiger partial charge < -0.3 is 9.13 Å². The Morgan fingerprint density at radius 3 is 1.45 bits per heavy atom. The summed E-state index contributed by atoms with van der Waals surface area (Å²) < 4.78 is 4.69. The minimum absolute atomic E-state index is 0.110. The Morgan fingerprint density at radius 1 is 0.489 bits per heavy atom. The molecule has 0 fully saturated rings. The van der Waals surface area contributed by atoms with Crippen molar-refractivity contribution in [1.82, 2.24) is 19.1 Å². The predicted octanol–water partition coefficient (Wildman–Crippen LogP) is 11.5. The van der Waals surface area contributed by atoms with Gasteiger partial charge in [0.15, 0.2) is 0 Å². The summed E-state index contributed by atoms with van der Waals surface area (Å²) in [5, 5.41) is 2.46. The lowest BCUT2D eigenvalue weighted by molar-refractivity contribution is 0.413. The Balaban J connectivity index is 1.23. The molecule has 0 amide bonds. The van der Waals surface area contributed by atoms with E-state index in [1.165, 1.54) is 38.5 Å². The second-order valence-corrected chi connectivity index (χ2v) is 13.7. The summed E-state index contributed by atoms with van der Waals surface area (Å²) in [6, 6.07) is 48.2. The molecule has 0 saturated carbocycles. The molecule has 0 N–H and O–H groups in total. The van der Waals surface area contributed by atoms with E-state index in [-0.39, 0.29) is 5.54 Å². The quantitative estimate of drug-likeness (QED) is 0.194. The molecule has 0 bridgehead atoms. The summed E-state index contributed by atoms with van der Waals surface area (Å²) in [4.78, 5) is 10.1.